The average Bonchev–Trinajstić information content (AvgIpc) is 2.84. The predicted octanol–water partition coefficient (Wildman–Crippen LogP) is 1.60. The number of ether oxygens (including phenoxy) is 1. The Morgan fingerprint density at radius 3 is 2.94 bits per heavy atom. The van der Waals surface area contributed by atoms with E-state index in [0.717, 1.165) is 37.5 Å². The summed E-state index contributed by atoms with van der Waals surface area (Å²) in [5, 5.41) is 11.7. The zero-order valence-electron chi connectivity index (χ0n) is 10.2. The van der Waals surface area contributed by atoms with Crippen molar-refractivity contribution in [2.24, 2.45) is 0 Å². The molecule has 18 heavy (non-hydrogen) atoms. The van der Waals surface area contributed by atoms with Crippen LogP contribution in [0.15, 0.2) is 11.6 Å². The molecule has 100 valence electrons. The first kappa shape index (κ1) is 13.5. The summed E-state index contributed by atoms with van der Waals surface area (Å²) in [5.74, 6) is -0.795. The van der Waals surface area contributed by atoms with Gasteiger partial charge in [-0.15, -0.1) is 11.3 Å². The Hall–Kier alpha value is -0.980. The minimum atomic E-state index is -0.795. The summed E-state index contributed by atoms with van der Waals surface area (Å²) < 4.78 is 5.56. The molecule has 0 unspecified atom stereocenters. The first-order valence-corrected chi connectivity index (χ1v) is 7.06. The summed E-state index contributed by atoms with van der Waals surface area (Å²) >= 11 is 1.69. The Bertz CT molecular complexity index is 361. The maximum Gasteiger partial charge on any atom is 0.305 e. The van der Waals surface area contributed by atoms with Crippen molar-refractivity contribution < 1.29 is 14.6 Å². The summed E-state index contributed by atoms with van der Waals surface area (Å²) in [7, 11) is 0. The van der Waals surface area contributed by atoms with Crippen LogP contribution >= 0.6 is 11.3 Å². The third-order valence-corrected chi connectivity index (χ3v) is 3.81. The van der Waals surface area contributed by atoms with E-state index in [1.54, 1.807) is 11.3 Å². The van der Waals surface area contributed by atoms with Gasteiger partial charge in [0.2, 0.25) is 0 Å². The lowest BCUT2D eigenvalue weighted by Gasteiger charge is -2.31. The zero-order valence-corrected chi connectivity index (χ0v) is 11.1. The zero-order chi connectivity index (χ0) is 12.8. The standard InChI is InChI=1S/C12H18N2O3S/c15-12(16)3-7-17-10-1-5-14(6-2-10)9-11-13-4-8-18-11/h4,8,10H,1-3,5-7,9H2,(H,15,16). The monoisotopic (exact) mass is 270 g/mol. The second-order valence-corrected chi connectivity index (χ2v) is 5.39. The molecule has 1 aliphatic rings. The van der Waals surface area contributed by atoms with E-state index < -0.39 is 5.97 Å². The molecule has 0 spiro atoms. The second-order valence-electron chi connectivity index (χ2n) is 4.42. The van der Waals surface area contributed by atoms with Gasteiger partial charge in [-0.2, -0.15) is 0 Å². The van der Waals surface area contributed by atoms with Gasteiger partial charge >= 0.3 is 5.97 Å². The van der Waals surface area contributed by atoms with Crippen molar-refractivity contribution in [1.82, 2.24) is 9.88 Å². The molecule has 1 aromatic heterocycles. The number of carboxylic acid groups (broad SMARTS) is 1. The number of hydrogen-bond donors (Lipinski definition) is 1. The van der Waals surface area contributed by atoms with Crippen molar-refractivity contribution in [3.05, 3.63) is 16.6 Å². The normalized spacial score (nSPS) is 18.0. The van der Waals surface area contributed by atoms with Crippen LogP contribution in [0.2, 0.25) is 0 Å². The lowest BCUT2D eigenvalue weighted by molar-refractivity contribution is -0.138. The molecule has 0 radical (unpaired) electrons. The maximum atomic E-state index is 10.4. The molecule has 5 nitrogen and oxygen atoms in total. The van der Waals surface area contributed by atoms with Gasteiger partial charge in [0.25, 0.3) is 0 Å². The number of nitrogens with zero attached hydrogens (tertiary/aromatic N) is 2. The molecule has 1 saturated heterocycles. The van der Waals surface area contributed by atoms with Crippen LogP contribution in [0.25, 0.3) is 0 Å². The highest BCUT2D eigenvalue weighted by Gasteiger charge is 2.20. The van der Waals surface area contributed by atoms with Gasteiger partial charge in [0, 0.05) is 24.7 Å². The summed E-state index contributed by atoms with van der Waals surface area (Å²) in [6.45, 7) is 3.24. The van der Waals surface area contributed by atoms with E-state index in [9.17, 15) is 4.79 Å². The number of piperidine rings is 1. The van der Waals surface area contributed by atoms with Gasteiger partial charge in [0.1, 0.15) is 5.01 Å². The van der Waals surface area contributed by atoms with Crippen LogP contribution in [0, 0.1) is 0 Å². The number of aromatic nitrogens is 1. The number of thiazole rings is 1. The Kier molecular flexibility index (Phi) is 5.10. The van der Waals surface area contributed by atoms with Crippen LogP contribution in [-0.4, -0.2) is 46.8 Å². The maximum absolute atomic E-state index is 10.4. The van der Waals surface area contributed by atoms with Crippen molar-refractivity contribution >= 4 is 17.3 Å². The first-order chi connectivity index (χ1) is 8.74. The fourth-order valence-corrected chi connectivity index (χ4v) is 2.73. The highest BCUT2D eigenvalue weighted by molar-refractivity contribution is 7.09. The third kappa shape index (κ3) is 4.36. The molecule has 0 aromatic carbocycles. The third-order valence-electron chi connectivity index (χ3n) is 3.05. The number of carbonyl (C=O) groups is 1. The summed E-state index contributed by atoms with van der Waals surface area (Å²) in [4.78, 5) is 17.0. The fraction of sp³-hybridized carbons (Fsp3) is 0.667. The molecule has 0 bridgehead atoms. The van der Waals surface area contributed by atoms with Crippen molar-refractivity contribution in [2.75, 3.05) is 19.7 Å². The minimum absolute atomic E-state index is 0.0966. The van der Waals surface area contributed by atoms with E-state index in [1.165, 1.54) is 0 Å². The topological polar surface area (TPSA) is 62.7 Å². The van der Waals surface area contributed by atoms with Crippen LogP contribution < -0.4 is 0 Å². The smallest absolute Gasteiger partial charge is 0.305 e. The van der Waals surface area contributed by atoms with Gasteiger partial charge in [-0.1, -0.05) is 0 Å². The van der Waals surface area contributed by atoms with Gasteiger partial charge in [0.15, 0.2) is 0 Å². The molecule has 1 aromatic rings. The molecule has 6 heteroatoms. The molecule has 0 aliphatic carbocycles. The highest BCUT2D eigenvalue weighted by Crippen LogP contribution is 2.17. The number of hydrogen-bond acceptors (Lipinski definition) is 5. The molecule has 0 atom stereocenters. The van der Waals surface area contributed by atoms with E-state index in [-0.39, 0.29) is 12.5 Å². The molecular weight excluding hydrogens is 252 g/mol. The van der Waals surface area contributed by atoms with E-state index in [4.69, 9.17) is 9.84 Å². The Labute approximate surface area is 110 Å². The van der Waals surface area contributed by atoms with Crippen molar-refractivity contribution in [3.8, 4) is 0 Å². The van der Waals surface area contributed by atoms with Gasteiger partial charge in [-0.25, -0.2) is 4.98 Å². The van der Waals surface area contributed by atoms with Crippen LogP contribution in [0.3, 0.4) is 0 Å². The Balaban J connectivity index is 1.63. The Morgan fingerprint density at radius 1 is 1.56 bits per heavy atom. The van der Waals surface area contributed by atoms with Crippen LogP contribution in [0.4, 0.5) is 0 Å². The highest BCUT2D eigenvalue weighted by atomic mass is 32.1. The quantitative estimate of drug-likeness (QED) is 0.850. The predicted molar refractivity (Wildman–Crippen MR) is 68.6 cm³/mol. The van der Waals surface area contributed by atoms with Crippen LogP contribution in [-0.2, 0) is 16.1 Å². The second kappa shape index (κ2) is 6.82. The SMILES string of the molecule is O=C(O)CCOC1CCN(Cc2nccs2)CC1. The average molecular weight is 270 g/mol. The largest absolute Gasteiger partial charge is 0.481 e. The Morgan fingerprint density at radius 2 is 2.33 bits per heavy atom. The minimum Gasteiger partial charge on any atom is -0.481 e. The molecule has 1 aliphatic heterocycles. The molecule has 2 heterocycles. The number of rotatable bonds is 6. The number of likely N-dealkylation sites (tertiary alicyclic amines) is 1. The van der Waals surface area contributed by atoms with Crippen molar-refractivity contribution in [3.63, 3.8) is 0 Å². The molecular formula is C12H18N2O3S. The fourth-order valence-electron chi connectivity index (χ4n) is 2.07. The van der Waals surface area contributed by atoms with E-state index in [2.05, 4.69) is 9.88 Å². The van der Waals surface area contributed by atoms with Crippen LogP contribution in [0.1, 0.15) is 24.3 Å². The number of aliphatic carboxylic acids is 1. The van der Waals surface area contributed by atoms with E-state index in [0.29, 0.717) is 6.61 Å². The number of carboxylic acids is 1. The molecule has 1 N–H and O–H groups in total. The molecule has 1 fully saturated rings. The van der Waals surface area contributed by atoms with E-state index >= 15 is 0 Å². The molecule has 2 rings (SSSR count). The first-order valence-electron chi connectivity index (χ1n) is 6.18. The molecule has 0 amide bonds. The van der Waals surface area contributed by atoms with Gasteiger partial charge in [-0.05, 0) is 12.8 Å². The summed E-state index contributed by atoms with van der Waals surface area (Å²) in [6.07, 6.45) is 4.11. The van der Waals surface area contributed by atoms with Crippen molar-refractivity contribution in [2.45, 2.75) is 31.9 Å². The van der Waals surface area contributed by atoms with Gasteiger partial charge in [0.05, 0.1) is 25.7 Å². The van der Waals surface area contributed by atoms with E-state index in [1.807, 2.05) is 11.6 Å². The van der Waals surface area contributed by atoms with Crippen LogP contribution in [0.5, 0.6) is 0 Å². The summed E-state index contributed by atoms with van der Waals surface area (Å²) in [6, 6.07) is 0. The van der Waals surface area contributed by atoms with Crippen molar-refractivity contribution in [1.29, 1.82) is 0 Å². The van der Waals surface area contributed by atoms with Gasteiger partial charge in [-0.3, -0.25) is 9.69 Å². The lowest BCUT2D eigenvalue weighted by atomic mass is 10.1. The van der Waals surface area contributed by atoms with Gasteiger partial charge < -0.3 is 9.84 Å². The summed E-state index contributed by atoms with van der Waals surface area (Å²) in [5.41, 5.74) is 0. The molecule has 0 saturated carbocycles. The lowest BCUT2D eigenvalue weighted by Crippen LogP contribution is -2.36.